The normalized spacial score (nSPS) is 10.7. The monoisotopic (exact) mass is 142 g/mol. The van der Waals surface area contributed by atoms with E-state index in [1.807, 2.05) is 0 Å². The molecule has 0 aliphatic carbocycles. The fraction of sp³-hybridized carbons (Fsp3) is 0. The van der Waals surface area contributed by atoms with Gasteiger partial charge in [0.2, 0.25) is 0 Å². The summed E-state index contributed by atoms with van der Waals surface area (Å²) < 4.78 is 0. The Balaban J connectivity index is 0.000000250. The van der Waals surface area contributed by atoms with E-state index in [-0.39, 0.29) is 29.6 Å². The molecule has 0 radical (unpaired) electrons. The summed E-state index contributed by atoms with van der Waals surface area (Å²) in [5.74, 6) is 5.18. The van der Waals surface area contributed by atoms with E-state index >= 15 is 0 Å². The van der Waals surface area contributed by atoms with Gasteiger partial charge >= 0.3 is 29.6 Å². The van der Waals surface area contributed by atoms with Crippen LogP contribution in [0.3, 0.4) is 0 Å². The summed E-state index contributed by atoms with van der Waals surface area (Å²) in [5.41, 5.74) is 0. The van der Waals surface area contributed by atoms with Crippen molar-refractivity contribution in [1.82, 2.24) is 0 Å². The van der Waals surface area contributed by atoms with Crippen molar-refractivity contribution in [2.24, 2.45) is 0 Å². The van der Waals surface area contributed by atoms with E-state index in [0.29, 0.717) is 0 Å². The number of hydrogen-bond donors (Lipinski definition) is 0. The van der Waals surface area contributed by atoms with Crippen LogP contribution in [-0.4, -0.2) is 0 Å². The van der Waals surface area contributed by atoms with E-state index in [1.54, 1.807) is 0 Å². The maximum absolute atomic E-state index is 3.07. The molecule has 0 aliphatic rings. The van der Waals surface area contributed by atoms with E-state index in [9.17, 15) is 0 Å². The van der Waals surface area contributed by atoms with Crippen LogP contribution < -0.4 is 29.6 Å². The van der Waals surface area contributed by atoms with Crippen LogP contribution in [0.1, 0.15) is 0 Å². The molecule has 26 valence electrons. The number of rotatable bonds is 0. The summed E-state index contributed by atoms with van der Waals surface area (Å²) >= 11 is 0. The molecule has 0 spiro atoms. The first kappa shape index (κ1) is 7.64. The second-order valence-electron chi connectivity index (χ2n) is 0.603. The predicted molar refractivity (Wildman–Crippen MR) is 29.8 cm³/mol. The third-order valence-corrected chi connectivity index (χ3v) is 4.59. The summed E-state index contributed by atoms with van der Waals surface area (Å²) in [4.78, 5) is 0. The van der Waals surface area contributed by atoms with Crippen molar-refractivity contribution in [3.63, 3.8) is 0 Å². The van der Waals surface area contributed by atoms with Gasteiger partial charge in [-0.25, -0.2) is 5.80 Å². The zero-order valence-corrected chi connectivity index (χ0v) is 8.26. The third-order valence-electron chi connectivity index (χ3n) is 0.295. The van der Waals surface area contributed by atoms with Gasteiger partial charge in [0, 0.05) is 0 Å². The van der Waals surface area contributed by atoms with Crippen LogP contribution in [0.4, 0.5) is 0 Å². The Bertz CT molecular complexity index is 65.3. The van der Waals surface area contributed by atoms with Crippen LogP contribution in [0.15, 0.2) is 5.80 Å². The SMILES string of the molecule is [Na+].[c-]1c[pH]pp1. The van der Waals surface area contributed by atoms with Crippen LogP contribution in [0.5, 0.6) is 0 Å². The molecular weight excluding hydrogens is 140 g/mol. The fourth-order valence-electron chi connectivity index (χ4n) is 0.144. The molecular formula is C2H2NaP3. The molecule has 1 aromatic heterocycles. The molecule has 0 fully saturated rings. The summed E-state index contributed by atoms with van der Waals surface area (Å²) in [6, 6.07) is 0. The van der Waals surface area contributed by atoms with Crippen LogP contribution in [0.25, 0.3) is 0 Å². The minimum Gasteiger partial charge on any atom is -0.430 e. The smallest absolute Gasteiger partial charge is 0.430 e. The van der Waals surface area contributed by atoms with E-state index in [1.165, 1.54) is 15.4 Å². The van der Waals surface area contributed by atoms with Crippen LogP contribution in [0, 0.1) is 5.80 Å². The quantitative estimate of drug-likeness (QED) is 0.344. The Morgan fingerprint density at radius 2 is 2.50 bits per heavy atom. The summed E-state index contributed by atoms with van der Waals surface area (Å²) in [6.07, 6.45) is 0. The van der Waals surface area contributed by atoms with Crippen molar-refractivity contribution >= 4 is 23.3 Å². The van der Waals surface area contributed by atoms with Gasteiger partial charge in [0.25, 0.3) is 0 Å². The summed E-state index contributed by atoms with van der Waals surface area (Å²) in [7, 11) is 3.93. The molecule has 0 saturated carbocycles. The maximum atomic E-state index is 3.07. The average molecular weight is 142 g/mol. The Morgan fingerprint density at radius 3 is 2.67 bits per heavy atom. The maximum Gasteiger partial charge on any atom is 1.00 e. The van der Waals surface area contributed by atoms with Gasteiger partial charge in [-0.05, 0) is 0 Å². The first-order valence-corrected chi connectivity index (χ1v) is 5.64. The van der Waals surface area contributed by atoms with Gasteiger partial charge < -0.3 is 5.80 Å². The minimum atomic E-state index is 0. The van der Waals surface area contributed by atoms with Gasteiger partial charge in [-0.3, -0.25) is 7.87 Å². The van der Waals surface area contributed by atoms with Gasteiger partial charge in [0.15, 0.2) is 0 Å². The van der Waals surface area contributed by atoms with Crippen molar-refractivity contribution in [2.75, 3.05) is 0 Å². The van der Waals surface area contributed by atoms with Crippen LogP contribution in [0.2, 0.25) is 0 Å². The zero-order valence-electron chi connectivity index (χ0n) is 3.47. The molecule has 6 heavy (non-hydrogen) atoms. The van der Waals surface area contributed by atoms with Gasteiger partial charge in [0.1, 0.15) is 0 Å². The molecule has 1 rings (SSSR count). The average Bonchev–Trinajstić information content (AvgIpc) is 1.76. The number of hydrogen-bond acceptors (Lipinski definition) is 0. The summed E-state index contributed by atoms with van der Waals surface area (Å²) in [5, 5.41) is 0. The molecule has 0 amide bonds. The predicted octanol–water partition coefficient (Wildman–Crippen LogP) is -0.318. The largest absolute Gasteiger partial charge is 1.00 e. The first-order valence-electron chi connectivity index (χ1n) is 1.22. The van der Waals surface area contributed by atoms with Crippen molar-refractivity contribution in [3.05, 3.63) is 11.6 Å². The molecule has 0 bridgehead atoms. The van der Waals surface area contributed by atoms with Gasteiger partial charge in [-0.1, -0.05) is 7.55 Å². The van der Waals surface area contributed by atoms with Crippen LogP contribution in [-0.2, 0) is 0 Å². The van der Waals surface area contributed by atoms with E-state index in [0.717, 1.165) is 7.87 Å². The Morgan fingerprint density at radius 1 is 1.67 bits per heavy atom. The van der Waals surface area contributed by atoms with Gasteiger partial charge in [-0.2, -0.15) is 0 Å². The first-order chi connectivity index (χ1) is 2.50. The third kappa shape index (κ3) is 2.75. The molecule has 1 unspecified atom stereocenters. The molecule has 4 heteroatoms. The standard InChI is InChI=1S/C2H2P3.Na/c1-2-4-5-3-1;/h1,3H;/q-1;+1. The summed E-state index contributed by atoms with van der Waals surface area (Å²) in [6.45, 7) is 0. The topological polar surface area (TPSA) is 0 Å². The second-order valence-corrected chi connectivity index (χ2v) is 5.58. The molecule has 1 aromatic rings. The minimum absolute atomic E-state index is 0. The van der Waals surface area contributed by atoms with Gasteiger partial charge in [0.05, 0.1) is 0 Å². The van der Waals surface area contributed by atoms with Crippen LogP contribution >= 0.6 is 23.3 Å². The van der Waals surface area contributed by atoms with Crippen molar-refractivity contribution < 1.29 is 29.6 Å². The molecule has 0 saturated heterocycles. The molecule has 1 atom stereocenters. The molecule has 0 nitrogen and oxygen atoms in total. The molecule has 0 aromatic carbocycles. The van der Waals surface area contributed by atoms with E-state index in [2.05, 4.69) is 11.6 Å². The van der Waals surface area contributed by atoms with Crippen molar-refractivity contribution in [3.8, 4) is 0 Å². The molecule has 0 aliphatic heterocycles. The Hall–Kier alpha value is 1.64. The fourth-order valence-corrected chi connectivity index (χ4v) is 3.90. The Kier molecular flexibility index (Phi) is 6.10. The van der Waals surface area contributed by atoms with E-state index in [4.69, 9.17) is 0 Å². The molecule has 1 heterocycles. The van der Waals surface area contributed by atoms with Gasteiger partial charge in [-0.15, -0.1) is 7.87 Å². The van der Waals surface area contributed by atoms with Crippen molar-refractivity contribution in [2.45, 2.75) is 0 Å². The second kappa shape index (κ2) is 4.79. The Labute approximate surface area is 64.1 Å². The van der Waals surface area contributed by atoms with E-state index < -0.39 is 0 Å². The molecule has 0 N–H and O–H groups in total. The van der Waals surface area contributed by atoms with Crippen molar-refractivity contribution in [1.29, 1.82) is 0 Å². The zero-order chi connectivity index (χ0) is 3.54.